The zero-order chi connectivity index (χ0) is 37.1. The second-order valence-electron chi connectivity index (χ2n) is 15.2. The molecule has 1 aromatic heterocycles. The van der Waals surface area contributed by atoms with Gasteiger partial charge in [-0.25, -0.2) is 0 Å². The molecule has 0 unspecified atom stereocenters. The van der Waals surface area contributed by atoms with Gasteiger partial charge in [-0.15, -0.1) is 0 Å². The molecular weight excluding hydrogens is 681 g/mol. The van der Waals surface area contributed by atoms with Crippen molar-refractivity contribution in [3.05, 3.63) is 216 Å². The molecular formula is C53H40N2O. The van der Waals surface area contributed by atoms with Crippen LogP contribution >= 0.6 is 0 Å². The predicted molar refractivity (Wildman–Crippen MR) is 232 cm³/mol. The number of anilines is 6. The van der Waals surface area contributed by atoms with Gasteiger partial charge in [-0.3, -0.25) is 0 Å². The topological polar surface area (TPSA) is 19.6 Å². The van der Waals surface area contributed by atoms with Crippen LogP contribution in [0.3, 0.4) is 0 Å². The van der Waals surface area contributed by atoms with Crippen LogP contribution in [0.1, 0.15) is 35.1 Å². The summed E-state index contributed by atoms with van der Waals surface area (Å²) < 4.78 is 6.52. The molecule has 0 saturated carbocycles. The predicted octanol–water partition coefficient (Wildman–Crippen LogP) is 14.4. The molecule has 0 saturated heterocycles. The minimum Gasteiger partial charge on any atom is -0.456 e. The Bertz CT molecular complexity index is 2820. The first kappa shape index (κ1) is 32.6. The highest BCUT2D eigenvalue weighted by atomic mass is 16.3. The summed E-state index contributed by atoms with van der Waals surface area (Å²) in [7, 11) is 0. The minimum absolute atomic E-state index is 0.161. The minimum atomic E-state index is -0.161. The van der Waals surface area contributed by atoms with Gasteiger partial charge >= 0.3 is 0 Å². The first-order valence-corrected chi connectivity index (χ1v) is 19.8. The first-order chi connectivity index (χ1) is 27.7. The maximum absolute atomic E-state index is 6.52. The molecule has 2 aliphatic carbocycles. The molecule has 1 atom stereocenters. The molecule has 3 nitrogen and oxygen atoms in total. The van der Waals surface area contributed by atoms with Crippen molar-refractivity contribution in [1.29, 1.82) is 0 Å². The van der Waals surface area contributed by atoms with E-state index in [9.17, 15) is 0 Å². The van der Waals surface area contributed by atoms with E-state index in [1.165, 1.54) is 56.1 Å². The van der Waals surface area contributed by atoms with E-state index in [4.69, 9.17) is 4.42 Å². The molecule has 0 bridgehead atoms. The number of rotatable bonds is 7. The average Bonchev–Trinajstić information content (AvgIpc) is 3.96. The van der Waals surface area contributed by atoms with E-state index in [0.29, 0.717) is 0 Å². The SMILES string of the molecule is c1ccc(-c2ccc(N(c3ccc4c(c3)oc3ccccc34)c3cccc4c3[C@]3(CCc5cccc(N(c6ccccc6)c6ccccc6)c53)CC4)cc2)cc1. The van der Waals surface area contributed by atoms with Crippen LogP contribution in [-0.2, 0) is 18.3 Å². The molecule has 1 spiro atoms. The highest BCUT2D eigenvalue weighted by Crippen LogP contribution is 2.60. The van der Waals surface area contributed by atoms with E-state index in [2.05, 4.69) is 198 Å². The number of hydrogen-bond donors (Lipinski definition) is 0. The average molecular weight is 721 g/mol. The summed E-state index contributed by atoms with van der Waals surface area (Å²) in [5, 5.41) is 2.28. The van der Waals surface area contributed by atoms with Gasteiger partial charge in [-0.2, -0.15) is 0 Å². The molecule has 9 aromatic rings. The van der Waals surface area contributed by atoms with Gasteiger partial charge in [0.15, 0.2) is 0 Å². The van der Waals surface area contributed by atoms with E-state index >= 15 is 0 Å². The van der Waals surface area contributed by atoms with Crippen LogP contribution in [0.25, 0.3) is 33.1 Å². The lowest BCUT2D eigenvalue weighted by atomic mass is 9.74. The quantitative estimate of drug-likeness (QED) is 0.163. The van der Waals surface area contributed by atoms with Crippen molar-refractivity contribution in [2.24, 2.45) is 0 Å². The van der Waals surface area contributed by atoms with Crippen LogP contribution < -0.4 is 9.80 Å². The number of nitrogens with zero attached hydrogens (tertiary/aromatic N) is 2. The van der Waals surface area contributed by atoms with Gasteiger partial charge in [0.1, 0.15) is 11.2 Å². The van der Waals surface area contributed by atoms with Crippen molar-refractivity contribution in [3.63, 3.8) is 0 Å². The Morgan fingerprint density at radius 3 is 1.48 bits per heavy atom. The van der Waals surface area contributed by atoms with Gasteiger partial charge in [-0.05, 0) is 126 Å². The Morgan fingerprint density at radius 2 is 0.857 bits per heavy atom. The van der Waals surface area contributed by atoms with Crippen LogP contribution in [0.4, 0.5) is 34.1 Å². The lowest BCUT2D eigenvalue weighted by Crippen LogP contribution is -2.27. The number of hydrogen-bond acceptors (Lipinski definition) is 3. The summed E-state index contributed by atoms with van der Waals surface area (Å²) in [6.45, 7) is 0. The smallest absolute Gasteiger partial charge is 0.137 e. The summed E-state index contributed by atoms with van der Waals surface area (Å²) in [6, 6.07) is 70.5. The molecule has 268 valence electrons. The van der Waals surface area contributed by atoms with Gasteiger partial charge in [-0.1, -0.05) is 121 Å². The fraction of sp³-hybridized carbons (Fsp3) is 0.0943. The van der Waals surface area contributed by atoms with Crippen molar-refractivity contribution in [2.45, 2.75) is 31.1 Å². The first-order valence-electron chi connectivity index (χ1n) is 19.8. The third-order valence-electron chi connectivity index (χ3n) is 12.2. The second kappa shape index (κ2) is 13.2. The lowest BCUT2D eigenvalue weighted by Gasteiger charge is -2.37. The zero-order valence-corrected chi connectivity index (χ0v) is 31.1. The standard InChI is InChI=1S/C53H40N2O/c1-4-14-37(15-5-1)38-26-28-43(29-27-38)55(44-30-31-46-45-22-10-11-25-49(45)56-50(46)36-44)48-24-13-17-40-33-35-53(52(40)48)34-32-39-16-12-23-47(51(39)53)54(41-18-6-2-7-19-41)42-20-8-3-9-21-42/h1-31,36H,32-35H2/t53-/m1/s1. The van der Waals surface area contributed by atoms with Crippen LogP contribution in [-0.4, -0.2) is 0 Å². The van der Waals surface area contributed by atoms with Crippen molar-refractivity contribution in [2.75, 3.05) is 9.80 Å². The van der Waals surface area contributed by atoms with Gasteiger partial charge < -0.3 is 14.2 Å². The van der Waals surface area contributed by atoms with Gasteiger partial charge in [0, 0.05) is 45.0 Å². The molecule has 11 rings (SSSR count). The van der Waals surface area contributed by atoms with E-state index < -0.39 is 0 Å². The largest absolute Gasteiger partial charge is 0.456 e. The molecule has 56 heavy (non-hydrogen) atoms. The van der Waals surface area contributed by atoms with Crippen LogP contribution in [0.15, 0.2) is 199 Å². The second-order valence-corrected chi connectivity index (χ2v) is 15.2. The normalized spacial score (nSPS) is 15.6. The number of benzene rings is 8. The van der Waals surface area contributed by atoms with Crippen molar-refractivity contribution in [3.8, 4) is 11.1 Å². The molecule has 0 radical (unpaired) electrons. The highest BCUT2D eigenvalue weighted by Gasteiger charge is 2.49. The highest BCUT2D eigenvalue weighted by molar-refractivity contribution is 6.06. The molecule has 0 amide bonds. The summed E-state index contributed by atoms with van der Waals surface area (Å²) >= 11 is 0. The van der Waals surface area contributed by atoms with Crippen molar-refractivity contribution < 1.29 is 4.42 Å². The van der Waals surface area contributed by atoms with Gasteiger partial charge in [0.2, 0.25) is 0 Å². The maximum Gasteiger partial charge on any atom is 0.137 e. The van der Waals surface area contributed by atoms with Gasteiger partial charge in [0.25, 0.3) is 0 Å². The zero-order valence-electron chi connectivity index (χ0n) is 31.1. The summed E-state index contributed by atoms with van der Waals surface area (Å²) in [5.41, 5.74) is 16.9. The molecule has 1 heterocycles. The van der Waals surface area contributed by atoms with Gasteiger partial charge in [0.05, 0.1) is 11.4 Å². The van der Waals surface area contributed by atoms with Crippen molar-refractivity contribution in [1.82, 2.24) is 0 Å². The molecule has 0 fully saturated rings. The Hall–Kier alpha value is -6.84. The number of fused-ring (bicyclic) bond motifs is 7. The number of para-hydroxylation sites is 3. The fourth-order valence-electron chi connectivity index (χ4n) is 9.81. The molecule has 2 aliphatic rings. The number of aryl methyl sites for hydroxylation is 2. The van der Waals surface area contributed by atoms with E-state index in [1.54, 1.807) is 0 Å². The lowest BCUT2D eigenvalue weighted by molar-refractivity contribution is 0.508. The molecule has 0 N–H and O–H groups in total. The molecule has 8 aromatic carbocycles. The Morgan fingerprint density at radius 1 is 0.375 bits per heavy atom. The summed E-state index contributed by atoms with van der Waals surface area (Å²) in [5.74, 6) is 0. The van der Waals surface area contributed by atoms with Crippen molar-refractivity contribution >= 4 is 56.1 Å². The number of furan rings is 1. The van der Waals surface area contributed by atoms with E-state index in [1.807, 2.05) is 6.07 Å². The Kier molecular flexibility index (Phi) is 7.67. The molecule has 3 heteroatoms. The van der Waals surface area contributed by atoms with E-state index in [0.717, 1.165) is 59.0 Å². The summed E-state index contributed by atoms with van der Waals surface area (Å²) in [6.07, 6.45) is 4.23. The Balaban J connectivity index is 1.13. The third kappa shape index (κ3) is 5.19. The summed E-state index contributed by atoms with van der Waals surface area (Å²) in [4.78, 5) is 4.96. The van der Waals surface area contributed by atoms with Crippen LogP contribution in [0.5, 0.6) is 0 Å². The monoisotopic (exact) mass is 720 g/mol. The maximum atomic E-state index is 6.52. The Labute approximate surface area is 327 Å². The van der Waals surface area contributed by atoms with Crippen LogP contribution in [0, 0.1) is 0 Å². The van der Waals surface area contributed by atoms with Crippen LogP contribution in [0.2, 0.25) is 0 Å². The molecule has 0 aliphatic heterocycles. The fourth-order valence-corrected chi connectivity index (χ4v) is 9.81. The van der Waals surface area contributed by atoms with E-state index in [-0.39, 0.29) is 5.41 Å². The third-order valence-corrected chi connectivity index (χ3v) is 12.2.